The summed E-state index contributed by atoms with van der Waals surface area (Å²) < 4.78 is 10.7. The molecule has 2 rings (SSSR count). The molecule has 0 aromatic heterocycles. The molecule has 0 unspecified atom stereocenters. The van der Waals surface area contributed by atoms with Crippen LogP contribution in [0.3, 0.4) is 0 Å². The molecule has 0 aliphatic carbocycles. The van der Waals surface area contributed by atoms with Crippen LogP contribution in [0.4, 0.5) is 0 Å². The number of hydrogen-bond donors (Lipinski definition) is 0. The van der Waals surface area contributed by atoms with Crippen molar-refractivity contribution in [3.63, 3.8) is 0 Å². The molecule has 3 nitrogen and oxygen atoms in total. The minimum Gasteiger partial charge on any atom is -0.486 e. The van der Waals surface area contributed by atoms with Crippen molar-refractivity contribution in [2.45, 2.75) is 6.92 Å². The second-order valence-corrected chi connectivity index (χ2v) is 3.45. The van der Waals surface area contributed by atoms with Gasteiger partial charge in [-0.05, 0) is 12.5 Å². The maximum Gasteiger partial charge on any atom is 0.172 e. The number of aldehydes is 1. The van der Waals surface area contributed by atoms with E-state index in [0.29, 0.717) is 35.3 Å². The van der Waals surface area contributed by atoms with Gasteiger partial charge in [0.1, 0.15) is 13.2 Å². The molecule has 1 aliphatic rings. The van der Waals surface area contributed by atoms with Crippen LogP contribution in [0.25, 0.3) is 0 Å². The molecule has 0 amide bonds. The van der Waals surface area contributed by atoms with E-state index in [1.165, 1.54) is 0 Å². The molecule has 1 aliphatic heterocycles. The Balaban J connectivity index is 2.65. The van der Waals surface area contributed by atoms with Crippen LogP contribution in [0.1, 0.15) is 15.9 Å². The van der Waals surface area contributed by atoms with Crippen LogP contribution in [0, 0.1) is 6.92 Å². The monoisotopic (exact) mass is 212 g/mol. The molecule has 0 saturated heterocycles. The number of carbonyl (C=O) groups is 1. The molecule has 1 heterocycles. The third-order valence-corrected chi connectivity index (χ3v) is 2.59. The second kappa shape index (κ2) is 3.50. The van der Waals surface area contributed by atoms with E-state index in [1.54, 1.807) is 13.0 Å². The van der Waals surface area contributed by atoms with Crippen molar-refractivity contribution in [1.82, 2.24) is 0 Å². The van der Waals surface area contributed by atoms with Gasteiger partial charge in [0.05, 0.1) is 5.56 Å². The van der Waals surface area contributed by atoms with Crippen LogP contribution in [0.15, 0.2) is 6.07 Å². The largest absolute Gasteiger partial charge is 0.486 e. The average molecular weight is 213 g/mol. The lowest BCUT2D eigenvalue weighted by molar-refractivity contribution is 0.111. The van der Waals surface area contributed by atoms with Crippen molar-refractivity contribution < 1.29 is 14.3 Å². The van der Waals surface area contributed by atoms with Crippen molar-refractivity contribution in [2.24, 2.45) is 0 Å². The van der Waals surface area contributed by atoms with Gasteiger partial charge in [0.15, 0.2) is 17.8 Å². The van der Waals surface area contributed by atoms with E-state index in [4.69, 9.17) is 21.1 Å². The predicted octanol–water partition coefficient (Wildman–Crippen LogP) is 2.23. The smallest absolute Gasteiger partial charge is 0.172 e. The Morgan fingerprint density at radius 1 is 1.43 bits per heavy atom. The van der Waals surface area contributed by atoms with E-state index in [0.717, 1.165) is 11.8 Å². The van der Waals surface area contributed by atoms with E-state index in [2.05, 4.69) is 0 Å². The van der Waals surface area contributed by atoms with Gasteiger partial charge >= 0.3 is 0 Å². The fourth-order valence-electron chi connectivity index (χ4n) is 1.41. The van der Waals surface area contributed by atoms with Gasteiger partial charge in [0.25, 0.3) is 0 Å². The Morgan fingerprint density at radius 3 is 2.86 bits per heavy atom. The fraction of sp³-hybridized carbons (Fsp3) is 0.300. The van der Waals surface area contributed by atoms with Crippen LogP contribution >= 0.6 is 11.6 Å². The van der Waals surface area contributed by atoms with E-state index in [1.807, 2.05) is 0 Å². The zero-order valence-corrected chi connectivity index (χ0v) is 8.43. The highest BCUT2D eigenvalue weighted by molar-refractivity contribution is 6.32. The lowest BCUT2D eigenvalue weighted by Gasteiger charge is -2.21. The Morgan fingerprint density at radius 2 is 2.14 bits per heavy atom. The number of hydrogen-bond acceptors (Lipinski definition) is 3. The fourth-order valence-corrected chi connectivity index (χ4v) is 1.61. The highest BCUT2D eigenvalue weighted by atomic mass is 35.5. The maximum atomic E-state index is 10.9. The molecule has 1 aromatic carbocycles. The van der Waals surface area contributed by atoms with Gasteiger partial charge < -0.3 is 9.47 Å². The van der Waals surface area contributed by atoms with Gasteiger partial charge in [0.2, 0.25) is 0 Å². The van der Waals surface area contributed by atoms with Crippen LogP contribution in [-0.2, 0) is 0 Å². The SMILES string of the molecule is Cc1c(Cl)cc2c(c1C=O)OCCO2. The first-order chi connectivity index (χ1) is 6.74. The van der Waals surface area contributed by atoms with Gasteiger partial charge in [-0.1, -0.05) is 11.6 Å². The first-order valence-corrected chi connectivity index (χ1v) is 4.65. The number of halogens is 1. The molecule has 0 atom stereocenters. The lowest BCUT2D eigenvalue weighted by atomic mass is 10.1. The summed E-state index contributed by atoms with van der Waals surface area (Å²) in [6.45, 7) is 2.74. The number of rotatable bonds is 1. The van der Waals surface area contributed by atoms with Gasteiger partial charge in [-0.25, -0.2) is 0 Å². The van der Waals surface area contributed by atoms with E-state index in [-0.39, 0.29) is 0 Å². The van der Waals surface area contributed by atoms with Gasteiger partial charge in [-0.15, -0.1) is 0 Å². The van der Waals surface area contributed by atoms with Crippen LogP contribution in [0.2, 0.25) is 5.02 Å². The molecular formula is C10H9ClO3. The van der Waals surface area contributed by atoms with Crippen molar-refractivity contribution in [1.29, 1.82) is 0 Å². The van der Waals surface area contributed by atoms with Gasteiger partial charge in [0, 0.05) is 11.1 Å². The van der Waals surface area contributed by atoms with E-state index in [9.17, 15) is 4.79 Å². The summed E-state index contributed by atoms with van der Waals surface area (Å²) in [5, 5.41) is 0.524. The molecule has 0 bridgehead atoms. The quantitative estimate of drug-likeness (QED) is 0.670. The molecular weight excluding hydrogens is 204 g/mol. The molecule has 74 valence electrons. The summed E-state index contributed by atoms with van der Waals surface area (Å²) in [6.07, 6.45) is 0.745. The minimum absolute atomic E-state index is 0.467. The normalized spacial score (nSPS) is 13.9. The molecule has 0 spiro atoms. The molecule has 1 aromatic rings. The van der Waals surface area contributed by atoms with Crippen LogP contribution < -0.4 is 9.47 Å². The minimum atomic E-state index is 0.467. The lowest BCUT2D eigenvalue weighted by Crippen LogP contribution is -2.17. The third-order valence-electron chi connectivity index (χ3n) is 2.19. The predicted molar refractivity (Wildman–Crippen MR) is 52.6 cm³/mol. The van der Waals surface area contributed by atoms with Gasteiger partial charge in [-0.3, -0.25) is 4.79 Å². The average Bonchev–Trinajstić information content (AvgIpc) is 2.20. The molecule has 14 heavy (non-hydrogen) atoms. The second-order valence-electron chi connectivity index (χ2n) is 3.04. The number of ether oxygens (including phenoxy) is 2. The van der Waals surface area contributed by atoms with Crippen molar-refractivity contribution in [3.8, 4) is 11.5 Å². The Labute approximate surface area is 86.6 Å². The van der Waals surface area contributed by atoms with Gasteiger partial charge in [-0.2, -0.15) is 0 Å². The molecule has 0 radical (unpaired) electrons. The molecule has 0 N–H and O–H groups in total. The van der Waals surface area contributed by atoms with Crippen LogP contribution in [-0.4, -0.2) is 19.5 Å². The first-order valence-electron chi connectivity index (χ1n) is 4.28. The van der Waals surface area contributed by atoms with E-state index < -0.39 is 0 Å². The first kappa shape index (κ1) is 9.34. The van der Waals surface area contributed by atoms with Crippen molar-refractivity contribution in [2.75, 3.05) is 13.2 Å². The number of benzene rings is 1. The zero-order valence-electron chi connectivity index (χ0n) is 7.67. The highest BCUT2D eigenvalue weighted by Gasteiger charge is 2.19. The zero-order chi connectivity index (χ0) is 10.1. The molecule has 0 saturated carbocycles. The number of fused-ring (bicyclic) bond motifs is 1. The Kier molecular flexibility index (Phi) is 2.33. The van der Waals surface area contributed by atoms with Crippen LogP contribution in [0.5, 0.6) is 11.5 Å². The van der Waals surface area contributed by atoms with Crippen molar-refractivity contribution >= 4 is 17.9 Å². The topological polar surface area (TPSA) is 35.5 Å². The summed E-state index contributed by atoms with van der Waals surface area (Å²) in [6, 6.07) is 1.68. The number of carbonyl (C=O) groups excluding carboxylic acids is 1. The Bertz CT molecular complexity index is 387. The summed E-state index contributed by atoms with van der Waals surface area (Å²) in [5.74, 6) is 1.06. The summed E-state index contributed by atoms with van der Waals surface area (Å²) in [5.41, 5.74) is 1.21. The summed E-state index contributed by atoms with van der Waals surface area (Å²) in [7, 11) is 0. The summed E-state index contributed by atoms with van der Waals surface area (Å²) in [4.78, 5) is 10.9. The van der Waals surface area contributed by atoms with Crippen molar-refractivity contribution in [3.05, 3.63) is 22.2 Å². The summed E-state index contributed by atoms with van der Waals surface area (Å²) >= 11 is 5.94. The molecule has 0 fully saturated rings. The van der Waals surface area contributed by atoms with E-state index >= 15 is 0 Å². The highest BCUT2D eigenvalue weighted by Crippen LogP contribution is 2.38. The third kappa shape index (κ3) is 1.34. The Hall–Kier alpha value is -1.22. The maximum absolute atomic E-state index is 10.9. The standard InChI is InChI=1S/C10H9ClO3/c1-6-7(5-12)10-9(4-8(6)11)13-2-3-14-10/h4-5H,2-3H2,1H3. The molecule has 4 heteroatoms.